The van der Waals surface area contributed by atoms with Crippen LogP contribution in [-0.4, -0.2) is 37.7 Å². The van der Waals surface area contributed by atoms with Crippen LogP contribution in [0.4, 0.5) is 21.9 Å². The van der Waals surface area contributed by atoms with Gasteiger partial charge in [-0.1, -0.05) is 60.3 Å². The molecule has 38 heavy (non-hydrogen) atoms. The molecule has 0 aromatic heterocycles. The summed E-state index contributed by atoms with van der Waals surface area (Å²) in [5.74, 6) is -0.847. The van der Waals surface area contributed by atoms with Gasteiger partial charge in [-0.15, -0.1) is 0 Å². The van der Waals surface area contributed by atoms with Crippen molar-refractivity contribution in [1.82, 2.24) is 0 Å². The van der Waals surface area contributed by atoms with Gasteiger partial charge in [0.15, 0.2) is 0 Å². The van der Waals surface area contributed by atoms with E-state index in [1.165, 1.54) is 0 Å². The topological polar surface area (TPSA) is 72.9 Å². The summed E-state index contributed by atoms with van der Waals surface area (Å²) in [6, 6.07) is 33.1. The van der Waals surface area contributed by atoms with Crippen molar-refractivity contribution in [3.05, 3.63) is 114 Å². The van der Waals surface area contributed by atoms with Gasteiger partial charge in [-0.05, 0) is 72.1 Å². The van der Waals surface area contributed by atoms with Crippen LogP contribution in [0.3, 0.4) is 0 Å². The van der Waals surface area contributed by atoms with Crippen LogP contribution in [-0.2, 0) is 17.6 Å². The molecule has 0 aliphatic heterocycles. The second kappa shape index (κ2) is 12.8. The van der Waals surface area contributed by atoms with Gasteiger partial charge in [-0.25, -0.2) is 4.79 Å². The van der Waals surface area contributed by atoms with E-state index in [0.29, 0.717) is 6.54 Å². The number of hydrogen-bond acceptors (Lipinski definition) is 4. The van der Waals surface area contributed by atoms with Crippen LogP contribution in [0, 0.1) is 0 Å². The number of nitrogens with one attached hydrogen (secondary N) is 1. The van der Waals surface area contributed by atoms with E-state index in [2.05, 4.69) is 17.4 Å². The molecule has 0 bridgehead atoms. The molecule has 2 amide bonds. The van der Waals surface area contributed by atoms with Crippen LogP contribution < -0.4 is 15.1 Å². The van der Waals surface area contributed by atoms with Gasteiger partial charge in [0.1, 0.15) is 0 Å². The molecule has 0 unspecified atom stereocenters. The molecule has 0 aliphatic rings. The highest BCUT2D eigenvalue weighted by Gasteiger charge is 2.17. The van der Waals surface area contributed by atoms with E-state index in [9.17, 15) is 9.59 Å². The van der Waals surface area contributed by atoms with E-state index in [1.807, 2.05) is 110 Å². The maximum Gasteiger partial charge on any atom is 0.326 e. The number of urea groups is 1. The molecule has 2 N–H and O–H groups in total. The summed E-state index contributed by atoms with van der Waals surface area (Å²) in [6.45, 7) is 0.517. The summed E-state index contributed by atoms with van der Waals surface area (Å²) in [5.41, 5.74) is 4.52. The first-order valence-electron chi connectivity index (χ1n) is 12.4. The highest BCUT2D eigenvalue weighted by molar-refractivity contribution is 7.99. The van der Waals surface area contributed by atoms with Crippen molar-refractivity contribution in [2.24, 2.45) is 0 Å². The van der Waals surface area contributed by atoms with Gasteiger partial charge < -0.3 is 15.3 Å². The minimum absolute atomic E-state index is 0.00376. The van der Waals surface area contributed by atoms with Crippen molar-refractivity contribution in [3.8, 4) is 0 Å². The Kier molecular flexibility index (Phi) is 9.06. The van der Waals surface area contributed by atoms with Crippen molar-refractivity contribution >= 4 is 40.8 Å². The monoisotopic (exact) mass is 525 g/mol. The summed E-state index contributed by atoms with van der Waals surface area (Å²) >= 11 is 1.57. The van der Waals surface area contributed by atoms with Crippen molar-refractivity contribution in [2.75, 3.05) is 35.8 Å². The van der Waals surface area contributed by atoms with E-state index in [1.54, 1.807) is 16.7 Å². The van der Waals surface area contributed by atoms with Crippen LogP contribution in [0.1, 0.15) is 11.1 Å². The van der Waals surface area contributed by atoms with Crippen molar-refractivity contribution in [3.63, 3.8) is 0 Å². The number of carbonyl (C=O) groups is 2. The van der Waals surface area contributed by atoms with Gasteiger partial charge in [0, 0.05) is 47.5 Å². The van der Waals surface area contributed by atoms with Gasteiger partial charge in [-0.2, -0.15) is 0 Å². The largest absolute Gasteiger partial charge is 0.481 e. The zero-order valence-corrected chi connectivity index (χ0v) is 22.3. The molecule has 6 nitrogen and oxygen atoms in total. The average molecular weight is 526 g/mol. The fourth-order valence-electron chi connectivity index (χ4n) is 3.97. The number of carboxylic acids is 1. The van der Waals surface area contributed by atoms with Gasteiger partial charge in [0.05, 0.1) is 6.42 Å². The number of aliphatic carboxylic acids is 1. The van der Waals surface area contributed by atoms with Gasteiger partial charge in [0.2, 0.25) is 0 Å². The molecular formula is C31H31N3O3S. The number of hydrogen-bond donors (Lipinski definition) is 2. The number of rotatable bonds is 10. The second-order valence-corrected chi connectivity index (χ2v) is 10.2. The summed E-state index contributed by atoms with van der Waals surface area (Å²) in [5, 5.41) is 12.0. The van der Waals surface area contributed by atoms with E-state index < -0.39 is 5.97 Å². The van der Waals surface area contributed by atoms with Crippen LogP contribution in [0.25, 0.3) is 0 Å². The first-order valence-corrected chi connectivity index (χ1v) is 13.2. The Hall–Kier alpha value is -4.23. The van der Waals surface area contributed by atoms with Crippen LogP contribution in [0.15, 0.2) is 113 Å². The minimum atomic E-state index is -0.847. The SMILES string of the molecule is CN(C)c1ccc(NC(=O)N(CCc2ccccc2)c2cccc(Sc3ccc(CC(=O)O)cc3)c2)cc1. The Bertz CT molecular complexity index is 1360. The molecule has 0 saturated carbocycles. The molecule has 0 heterocycles. The van der Waals surface area contributed by atoms with Crippen molar-refractivity contribution in [2.45, 2.75) is 22.6 Å². The van der Waals surface area contributed by atoms with Gasteiger partial charge in [-0.3, -0.25) is 9.69 Å². The first kappa shape index (κ1) is 26.8. The summed E-state index contributed by atoms with van der Waals surface area (Å²) < 4.78 is 0. The standard InChI is InChI=1S/C31H31N3O3S/c1-33(2)26-15-13-25(14-16-26)32-31(37)34(20-19-23-7-4-3-5-8-23)27-9-6-10-29(22-27)38-28-17-11-24(12-18-28)21-30(35)36/h3-18,22H,19-21H2,1-2H3,(H,32,37)(H,35,36). The van der Waals surface area contributed by atoms with Crippen molar-refractivity contribution < 1.29 is 14.7 Å². The number of benzene rings is 4. The lowest BCUT2D eigenvalue weighted by molar-refractivity contribution is -0.136. The summed E-state index contributed by atoms with van der Waals surface area (Å²) in [6.07, 6.45) is 0.722. The zero-order chi connectivity index (χ0) is 26.9. The zero-order valence-electron chi connectivity index (χ0n) is 21.5. The summed E-state index contributed by atoms with van der Waals surface area (Å²) in [4.78, 5) is 30.2. The fourth-order valence-corrected chi connectivity index (χ4v) is 4.84. The van der Waals surface area contributed by atoms with Gasteiger partial charge in [0.25, 0.3) is 0 Å². The maximum absolute atomic E-state index is 13.5. The van der Waals surface area contributed by atoms with E-state index in [-0.39, 0.29) is 12.5 Å². The molecule has 7 heteroatoms. The van der Waals surface area contributed by atoms with E-state index in [4.69, 9.17) is 5.11 Å². The molecule has 0 aliphatic carbocycles. The third kappa shape index (κ3) is 7.63. The number of carboxylic acid groups (broad SMARTS) is 1. The second-order valence-electron chi connectivity index (χ2n) is 9.07. The first-order chi connectivity index (χ1) is 18.4. The molecule has 0 fully saturated rings. The Morgan fingerprint density at radius 3 is 2.13 bits per heavy atom. The molecule has 194 valence electrons. The number of anilines is 3. The lowest BCUT2D eigenvalue weighted by Gasteiger charge is -2.24. The third-order valence-corrected chi connectivity index (χ3v) is 6.99. The van der Waals surface area contributed by atoms with Crippen LogP contribution in [0.5, 0.6) is 0 Å². The molecule has 0 spiro atoms. The normalized spacial score (nSPS) is 10.6. The Morgan fingerprint density at radius 1 is 0.763 bits per heavy atom. The average Bonchev–Trinajstić information content (AvgIpc) is 2.91. The third-order valence-electron chi connectivity index (χ3n) is 5.99. The van der Waals surface area contributed by atoms with E-state index >= 15 is 0 Å². The Balaban J connectivity index is 1.53. The Labute approximate surface area is 227 Å². The molecule has 0 radical (unpaired) electrons. The quantitative estimate of drug-likeness (QED) is 0.238. The highest BCUT2D eigenvalue weighted by Crippen LogP contribution is 2.31. The molecule has 4 aromatic rings. The van der Waals surface area contributed by atoms with Crippen LogP contribution in [0.2, 0.25) is 0 Å². The smallest absolute Gasteiger partial charge is 0.326 e. The maximum atomic E-state index is 13.5. The van der Waals surface area contributed by atoms with Gasteiger partial charge >= 0.3 is 12.0 Å². The lowest BCUT2D eigenvalue weighted by Crippen LogP contribution is -2.36. The number of nitrogens with zero attached hydrogens (tertiary/aromatic N) is 2. The van der Waals surface area contributed by atoms with E-state index in [0.717, 1.165) is 44.4 Å². The number of carbonyl (C=O) groups excluding carboxylic acids is 1. The fraction of sp³-hybridized carbons (Fsp3) is 0.161. The number of amides is 2. The molecule has 4 aromatic carbocycles. The summed E-state index contributed by atoms with van der Waals surface area (Å²) in [7, 11) is 3.96. The molecule has 0 saturated heterocycles. The molecule has 4 rings (SSSR count). The molecular weight excluding hydrogens is 494 g/mol. The lowest BCUT2D eigenvalue weighted by atomic mass is 10.1. The predicted octanol–water partition coefficient (Wildman–Crippen LogP) is 6.81. The minimum Gasteiger partial charge on any atom is -0.481 e. The van der Waals surface area contributed by atoms with Crippen LogP contribution >= 0.6 is 11.8 Å². The molecule has 0 atom stereocenters. The predicted molar refractivity (Wildman–Crippen MR) is 156 cm³/mol. The highest BCUT2D eigenvalue weighted by atomic mass is 32.2. The Morgan fingerprint density at radius 2 is 1.47 bits per heavy atom. The van der Waals surface area contributed by atoms with Crippen molar-refractivity contribution in [1.29, 1.82) is 0 Å².